The molecule has 1 aromatic rings. The van der Waals surface area contributed by atoms with Gasteiger partial charge in [-0.1, -0.05) is 50.6 Å². The topological polar surface area (TPSA) is 21.3 Å². The Hall–Kier alpha value is -1.28. The Balaban J connectivity index is 2.82. The molecule has 0 atom stereocenters. The molecule has 0 radical (unpaired) electrons. The van der Waals surface area contributed by atoms with Crippen LogP contribution in [0.15, 0.2) is 29.8 Å². The van der Waals surface area contributed by atoms with E-state index in [1.165, 1.54) is 5.57 Å². The Morgan fingerprint density at radius 2 is 2.06 bits per heavy atom. The summed E-state index contributed by atoms with van der Waals surface area (Å²) in [5.41, 5.74) is 2.54. The summed E-state index contributed by atoms with van der Waals surface area (Å²) < 4.78 is 5.35. The van der Waals surface area contributed by atoms with Gasteiger partial charge in [-0.25, -0.2) is 0 Å². The minimum atomic E-state index is 0.516. The van der Waals surface area contributed by atoms with E-state index in [0.717, 1.165) is 24.3 Å². The van der Waals surface area contributed by atoms with Crippen LogP contribution in [0.4, 0.5) is 0 Å². The molecule has 0 aliphatic heterocycles. The van der Waals surface area contributed by atoms with Gasteiger partial charge >= 0.3 is 0 Å². The Bertz CT molecular complexity index is 369. The highest BCUT2D eigenvalue weighted by Gasteiger charge is 2.01. The van der Waals surface area contributed by atoms with Gasteiger partial charge in [0.15, 0.2) is 0 Å². The van der Waals surface area contributed by atoms with Crippen molar-refractivity contribution in [3.63, 3.8) is 0 Å². The van der Waals surface area contributed by atoms with Crippen molar-refractivity contribution in [3.05, 3.63) is 35.4 Å². The van der Waals surface area contributed by atoms with E-state index in [2.05, 4.69) is 38.2 Å². The lowest BCUT2D eigenvalue weighted by atomic mass is 10.1. The van der Waals surface area contributed by atoms with E-state index in [1.807, 2.05) is 18.2 Å². The zero-order valence-corrected chi connectivity index (χ0v) is 11.3. The van der Waals surface area contributed by atoms with E-state index in [4.69, 9.17) is 4.74 Å². The Morgan fingerprint density at radius 1 is 1.35 bits per heavy atom. The van der Waals surface area contributed by atoms with Crippen molar-refractivity contribution in [3.8, 4) is 5.75 Å². The van der Waals surface area contributed by atoms with Crippen LogP contribution in [0, 0.1) is 0 Å². The lowest BCUT2D eigenvalue weighted by molar-refractivity contribution is 0.414. The lowest BCUT2D eigenvalue weighted by Gasteiger charge is -2.11. The highest BCUT2D eigenvalue weighted by Crippen LogP contribution is 2.21. The molecule has 0 spiro atoms. The Kier molecular flexibility index (Phi) is 5.78. The highest BCUT2D eigenvalue weighted by atomic mass is 16.5. The summed E-state index contributed by atoms with van der Waals surface area (Å²) in [6, 6.07) is 8.63. The molecule has 0 unspecified atom stereocenters. The van der Waals surface area contributed by atoms with Crippen molar-refractivity contribution in [1.29, 1.82) is 0 Å². The summed E-state index contributed by atoms with van der Waals surface area (Å²) in [4.78, 5) is 0. The van der Waals surface area contributed by atoms with Gasteiger partial charge in [0.05, 0.1) is 7.11 Å². The van der Waals surface area contributed by atoms with E-state index >= 15 is 0 Å². The second-order valence-corrected chi connectivity index (χ2v) is 4.43. The predicted octanol–water partition coefficient (Wildman–Crippen LogP) is 3.49. The van der Waals surface area contributed by atoms with Crippen LogP contribution >= 0.6 is 0 Å². The summed E-state index contributed by atoms with van der Waals surface area (Å²) in [6.45, 7) is 7.45. The zero-order valence-electron chi connectivity index (χ0n) is 11.3. The van der Waals surface area contributed by atoms with E-state index < -0.39 is 0 Å². The molecule has 2 heteroatoms. The van der Waals surface area contributed by atoms with Gasteiger partial charge in [0.2, 0.25) is 0 Å². The molecule has 0 bridgehead atoms. The molecular weight excluding hydrogens is 210 g/mol. The van der Waals surface area contributed by atoms with E-state index in [0.29, 0.717) is 6.04 Å². The Labute approximate surface area is 105 Å². The number of hydrogen-bond donors (Lipinski definition) is 1. The van der Waals surface area contributed by atoms with Gasteiger partial charge in [-0.05, 0) is 12.5 Å². The van der Waals surface area contributed by atoms with Gasteiger partial charge in [0.1, 0.15) is 5.75 Å². The molecule has 0 amide bonds. The van der Waals surface area contributed by atoms with E-state index in [-0.39, 0.29) is 0 Å². The van der Waals surface area contributed by atoms with Crippen LogP contribution in [0.25, 0.3) is 6.08 Å². The predicted molar refractivity (Wildman–Crippen MR) is 74.4 cm³/mol. The molecule has 1 rings (SSSR count). The largest absolute Gasteiger partial charge is 0.496 e. The highest BCUT2D eigenvalue weighted by molar-refractivity contribution is 5.59. The smallest absolute Gasteiger partial charge is 0.126 e. The molecule has 0 saturated carbocycles. The first kappa shape index (κ1) is 13.8. The number of para-hydroxylation sites is 1. The minimum absolute atomic E-state index is 0.516. The van der Waals surface area contributed by atoms with Gasteiger partial charge in [-0.2, -0.15) is 0 Å². The van der Waals surface area contributed by atoms with E-state index in [1.54, 1.807) is 7.11 Å². The van der Waals surface area contributed by atoms with Crippen molar-refractivity contribution in [2.45, 2.75) is 33.2 Å². The maximum absolute atomic E-state index is 5.35. The second kappa shape index (κ2) is 7.13. The van der Waals surface area contributed by atoms with Crippen LogP contribution in [-0.2, 0) is 0 Å². The van der Waals surface area contributed by atoms with Gasteiger partial charge in [0, 0.05) is 18.2 Å². The maximum atomic E-state index is 5.35. The van der Waals surface area contributed by atoms with Gasteiger partial charge in [0.25, 0.3) is 0 Å². The molecule has 2 nitrogen and oxygen atoms in total. The van der Waals surface area contributed by atoms with Crippen molar-refractivity contribution in [2.75, 3.05) is 13.7 Å². The van der Waals surface area contributed by atoms with Crippen molar-refractivity contribution in [1.82, 2.24) is 5.32 Å². The summed E-state index contributed by atoms with van der Waals surface area (Å²) in [6.07, 6.45) is 3.27. The average Bonchev–Trinajstić information content (AvgIpc) is 2.34. The maximum Gasteiger partial charge on any atom is 0.126 e. The first-order valence-electron chi connectivity index (χ1n) is 6.23. The zero-order chi connectivity index (χ0) is 12.7. The van der Waals surface area contributed by atoms with Gasteiger partial charge < -0.3 is 10.1 Å². The lowest BCUT2D eigenvalue weighted by Crippen LogP contribution is -2.24. The molecule has 1 N–H and O–H groups in total. The molecule has 94 valence electrons. The molecule has 0 aliphatic rings. The summed E-state index contributed by atoms with van der Waals surface area (Å²) >= 11 is 0. The number of nitrogens with one attached hydrogen (secondary N) is 1. The second-order valence-electron chi connectivity index (χ2n) is 4.43. The fourth-order valence-electron chi connectivity index (χ4n) is 1.62. The fourth-order valence-corrected chi connectivity index (χ4v) is 1.62. The number of methoxy groups -OCH3 is 1. The molecule has 0 fully saturated rings. The standard InChI is InChI=1S/C15H23NO/c1-5-13(11-16-12(2)3)10-14-8-6-7-9-15(14)17-4/h6-10,12,16H,5,11H2,1-4H3. The fraction of sp³-hybridized carbons (Fsp3) is 0.467. The van der Waals surface area contributed by atoms with Gasteiger partial charge in [-0.15, -0.1) is 0 Å². The van der Waals surface area contributed by atoms with Crippen molar-refractivity contribution >= 4 is 6.08 Å². The molecule has 1 aromatic carbocycles. The third kappa shape index (κ3) is 4.61. The van der Waals surface area contributed by atoms with Crippen LogP contribution in [0.5, 0.6) is 5.75 Å². The SMILES string of the molecule is CCC(=Cc1ccccc1OC)CNC(C)C. The number of hydrogen-bond acceptors (Lipinski definition) is 2. The van der Waals surface area contributed by atoms with Crippen LogP contribution < -0.4 is 10.1 Å². The third-order valence-electron chi connectivity index (χ3n) is 2.69. The number of benzene rings is 1. The number of ether oxygens (including phenoxy) is 1. The van der Waals surface area contributed by atoms with Crippen LogP contribution in [0.1, 0.15) is 32.8 Å². The molecule has 0 aliphatic carbocycles. The summed E-state index contributed by atoms with van der Waals surface area (Å²) in [7, 11) is 1.71. The van der Waals surface area contributed by atoms with Crippen LogP contribution in [0.2, 0.25) is 0 Å². The quantitative estimate of drug-likeness (QED) is 0.812. The Morgan fingerprint density at radius 3 is 2.65 bits per heavy atom. The van der Waals surface area contributed by atoms with Crippen molar-refractivity contribution < 1.29 is 4.74 Å². The third-order valence-corrected chi connectivity index (χ3v) is 2.69. The molecule has 17 heavy (non-hydrogen) atoms. The first-order valence-corrected chi connectivity index (χ1v) is 6.23. The summed E-state index contributed by atoms with van der Waals surface area (Å²) in [5, 5.41) is 3.45. The monoisotopic (exact) mass is 233 g/mol. The molecular formula is C15H23NO. The van der Waals surface area contributed by atoms with Gasteiger partial charge in [-0.3, -0.25) is 0 Å². The molecule has 0 saturated heterocycles. The van der Waals surface area contributed by atoms with Crippen LogP contribution in [-0.4, -0.2) is 19.7 Å². The van der Waals surface area contributed by atoms with E-state index in [9.17, 15) is 0 Å². The molecule has 0 aromatic heterocycles. The molecule has 0 heterocycles. The number of rotatable bonds is 6. The normalized spacial score (nSPS) is 11.9. The minimum Gasteiger partial charge on any atom is -0.496 e. The van der Waals surface area contributed by atoms with Crippen LogP contribution in [0.3, 0.4) is 0 Å². The average molecular weight is 233 g/mol. The van der Waals surface area contributed by atoms with Crippen molar-refractivity contribution in [2.24, 2.45) is 0 Å². The summed E-state index contributed by atoms with van der Waals surface area (Å²) in [5.74, 6) is 0.933. The first-order chi connectivity index (χ1) is 8.17.